The number of hydrogen-bond acceptors (Lipinski definition) is 34. The Labute approximate surface area is 812 Å². The lowest BCUT2D eigenvalue weighted by molar-refractivity contribution is -0.143. The molecule has 0 aromatic rings. The van der Waals surface area contributed by atoms with Gasteiger partial charge in [-0.1, -0.05) is 126 Å². The average molecular weight is 2040 g/mol. The van der Waals surface area contributed by atoms with Crippen LogP contribution in [0.2, 0.25) is 0 Å². The van der Waals surface area contributed by atoms with Crippen LogP contribution in [0.15, 0.2) is 0 Å². The zero-order chi connectivity index (χ0) is 105. The van der Waals surface area contributed by atoms with Gasteiger partial charge in [0.25, 0.3) is 0 Å². The Hall–Kier alpha value is -8.61. The summed E-state index contributed by atoms with van der Waals surface area (Å²) in [6.45, 7) is 18.4. The molecule has 798 valence electrons. The van der Waals surface area contributed by atoms with Crippen LogP contribution in [0.4, 0.5) is 14.4 Å². The summed E-state index contributed by atoms with van der Waals surface area (Å²) in [6.07, 6.45) is 18.8. The Balaban J connectivity index is -0.000000145. The number of alkyl carbamates (subject to hydrolysis) is 3. The van der Waals surface area contributed by atoms with Crippen LogP contribution in [-0.2, 0) is 119 Å². The standard InChI is InChI=1S/C15H28N2O10.2C14H28N2O3.C8H15NO5.C6H11NO4S.C6H11NO3S.2C5H10O3.2C5H10O2S.CH4/c1-22-3-5-24-7-9-26-14(20)16-11-12(13(18)19)17-15(21)27-10-8-25-6-4-23-2;2*1-3-5-7-9-11(15)13(17)16-12(14(18)19)10-8-6-4-2;1-13-4-3-7(10)9-6(5-14-2)8(11)12;1-11-6(10)7-4(3-12-2)5(8)9;1-4(8)7-5(3-11-2)6(9)10;4*1-4(3-8-2)5(6)7;/h12H,3-11H2,1-2H3,(H,16,20)(H,17,21)(H,18,19);2*11-12H,3-10,15H2,1-2H3,(H,16,17)(H,18,19);6H,3-5H2,1-2H3,(H,9,10)(H,11,12);4H,3H2,1-2H3,(H,7,10)(H,8,9);5H,3H2,1-2H3,(H,7,8)(H,9,10);4*4H,3H2,1-2H3,(H,6,7);1H4. The summed E-state index contributed by atoms with van der Waals surface area (Å²) in [5.41, 5.74) is 11.5. The van der Waals surface area contributed by atoms with E-state index in [4.69, 9.17) is 91.0 Å². The van der Waals surface area contributed by atoms with Gasteiger partial charge in [0.15, 0.2) is 6.04 Å². The van der Waals surface area contributed by atoms with Gasteiger partial charge < -0.3 is 152 Å². The molecular formula is C84H165N9O38S4. The summed E-state index contributed by atoms with van der Waals surface area (Å²) in [5.74, 6) is -9.94. The number of amides is 7. The first kappa shape index (κ1) is 149. The van der Waals surface area contributed by atoms with Gasteiger partial charge >= 0.3 is 78.0 Å². The number of hydrogen-bond donors (Lipinski definition) is 19. The maximum atomic E-state index is 11.8. The van der Waals surface area contributed by atoms with Crippen molar-refractivity contribution in [3.8, 4) is 0 Å². The van der Waals surface area contributed by atoms with Crippen molar-refractivity contribution in [3.63, 3.8) is 0 Å². The van der Waals surface area contributed by atoms with Crippen molar-refractivity contribution in [3.05, 3.63) is 0 Å². The molecule has 0 aliphatic carbocycles. The molecule has 0 fully saturated rings. The van der Waals surface area contributed by atoms with E-state index in [2.05, 4.69) is 88.6 Å². The molecule has 0 spiro atoms. The predicted octanol–water partition coefficient (Wildman–Crippen LogP) is 6.12. The third kappa shape index (κ3) is 111. The van der Waals surface area contributed by atoms with Crippen molar-refractivity contribution in [2.24, 2.45) is 35.1 Å². The number of carboxylic acids is 10. The number of aliphatic carboxylic acids is 10. The fourth-order valence-corrected chi connectivity index (χ4v) is 10.9. The highest BCUT2D eigenvalue weighted by Gasteiger charge is 2.27. The predicted molar refractivity (Wildman–Crippen MR) is 514 cm³/mol. The van der Waals surface area contributed by atoms with Gasteiger partial charge in [0.1, 0.15) is 43.4 Å². The van der Waals surface area contributed by atoms with Gasteiger partial charge in [-0.15, -0.1) is 0 Å². The molecule has 0 radical (unpaired) electrons. The second-order valence-electron chi connectivity index (χ2n) is 28.4. The number of rotatable bonds is 65. The molecule has 47 nitrogen and oxygen atoms in total. The Morgan fingerprint density at radius 2 is 0.615 bits per heavy atom. The highest BCUT2D eigenvalue weighted by Crippen LogP contribution is 2.10. The van der Waals surface area contributed by atoms with Crippen molar-refractivity contribution in [1.82, 2.24) is 37.2 Å². The Morgan fingerprint density at radius 3 is 0.881 bits per heavy atom. The molecule has 0 aliphatic heterocycles. The summed E-state index contributed by atoms with van der Waals surface area (Å²) >= 11 is 5.84. The minimum Gasteiger partial charge on any atom is -0.481 e. The van der Waals surface area contributed by atoms with Crippen LogP contribution in [0.1, 0.15) is 179 Å². The topological polar surface area (TPSA) is 730 Å². The Bertz CT molecular complexity index is 2920. The van der Waals surface area contributed by atoms with E-state index < -0.39 is 126 Å². The summed E-state index contributed by atoms with van der Waals surface area (Å²) in [5, 5.41) is 102. The van der Waals surface area contributed by atoms with Crippen LogP contribution in [-0.4, -0.2) is 385 Å². The highest BCUT2D eigenvalue weighted by atomic mass is 32.2. The molecule has 0 rings (SSSR count). The van der Waals surface area contributed by atoms with E-state index in [0.717, 1.165) is 77.0 Å². The molecule has 0 saturated carbocycles. The molecule has 0 aromatic heterocycles. The normalized spacial score (nSPS) is 12.6. The second-order valence-corrected chi connectivity index (χ2v) is 32.0. The molecule has 7 amide bonds. The lowest BCUT2D eigenvalue weighted by Crippen LogP contribution is -2.48. The van der Waals surface area contributed by atoms with Crippen molar-refractivity contribution in [1.29, 1.82) is 0 Å². The van der Waals surface area contributed by atoms with E-state index in [-0.39, 0.29) is 121 Å². The molecule has 12 atom stereocenters. The quantitative estimate of drug-likeness (QED) is 0.0241. The minimum absolute atomic E-state index is 0. The van der Waals surface area contributed by atoms with Gasteiger partial charge in [0.2, 0.25) is 23.6 Å². The lowest BCUT2D eigenvalue weighted by atomic mass is 10.1. The van der Waals surface area contributed by atoms with Gasteiger partial charge in [0, 0.05) is 79.0 Å². The van der Waals surface area contributed by atoms with E-state index >= 15 is 0 Å². The van der Waals surface area contributed by atoms with Crippen LogP contribution in [0.3, 0.4) is 0 Å². The number of nitrogens with one attached hydrogen (secondary N) is 7. The average Bonchev–Trinajstić information content (AvgIpc) is 0.896. The maximum Gasteiger partial charge on any atom is 0.407 e. The van der Waals surface area contributed by atoms with E-state index in [1.807, 2.05) is 12.5 Å². The van der Waals surface area contributed by atoms with Gasteiger partial charge in [-0.05, 0) is 64.6 Å². The molecule has 21 N–H and O–H groups in total. The maximum absolute atomic E-state index is 11.8. The van der Waals surface area contributed by atoms with Crippen LogP contribution in [0.5, 0.6) is 0 Å². The number of thioether (sulfide) groups is 4. The fraction of sp³-hybridized carbons (Fsp3) is 0.798. The van der Waals surface area contributed by atoms with Gasteiger partial charge in [-0.25, -0.2) is 43.2 Å². The van der Waals surface area contributed by atoms with Crippen molar-refractivity contribution in [2.75, 3.05) is 184 Å². The van der Waals surface area contributed by atoms with Gasteiger partial charge in [-0.2, -0.15) is 47.0 Å². The fourth-order valence-electron chi connectivity index (χ4n) is 8.47. The number of carboxylic acid groups (broad SMARTS) is 10. The minimum atomic E-state index is -1.38. The zero-order valence-electron chi connectivity index (χ0n) is 81.7. The first-order valence-electron chi connectivity index (χ1n) is 42.8. The molecule has 0 heterocycles. The van der Waals surface area contributed by atoms with Gasteiger partial charge in [-0.3, -0.25) is 38.4 Å². The third-order valence-electron chi connectivity index (χ3n) is 16.1. The molecule has 51 heteroatoms. The Morgan fingerprint density at radius 1 is 0.311 bits per heavy atom. The molecule has 12 unspecified atom stereocenters. The number of unbranched alkanes of at least 4 members (excludes halogenated alkanes) is 8. The van der Waals surface area contributed by atoms with E-state index in [0.29, 0.717) is 75.1 Å². The largest absolute Gasteiger partial charge is 0.481 e. The van der Waals surface area contributed by atoms with Crippen molar-refractivity contribution in [2.45, 2.75) is 227 Å². The number of carbonyl (C=O) groups is 17. The number of methoxy groups -OCH3 is 7. The highest BCUT2D eigenvalue weighted by molar-refractivity contribution is 7.99. The third-order valence-corrected chi connectivity index (χ3v) is 19.1. The lowest BCUT2D eigenvalue weighted by Gasteiger charge is -2.17. The Kier molecular flexibility index (Phi) is 119. The van der Waals surface area contributed by atoms with Crippen LogP contribution < -0.4 is 48.7 Å². The van der Waals surface area contributed by atoms with E-state index in [1.54, 1.807) is 63.7 Å². The molecule has 0 aliphatic rings. The summed E-state index contributed by atoms with van der Waals surface area (Å²) in [6, 6.07) is -6.83. The molecule has 0 bridgehead atoms. The molecule has 0 saturated heterocycles. The monoisotopic (exact) mass is 2040 g/mol. The second kappa shape index (κ2) is 107. The number of nitrogens with two attached hydrogens (primary N) is 2. The number of ether oxygens (including phenoxy) is 11. The summed E-state index contributed by atoms with van der Waals surface area (Å²) in [4.78, 5) is 184. The van der Waals surface area contributed by atoms with E-state index in [9.17, 15) is 81.5 Å². The van der Waals surface area contributed by atoms with Crippen molar-refractivity contribution < 1.29 is 185 Å². The van der Waals surface area contributed by atoms with E-state index in [1.165, 1.54) is 80.2 Å². The first-order valence-corrected chi connectivity index (χ1v) is 48.4. The van der Waals surface area contributed by atoms with Crippen molar-refractivity contribution >= 4 is 149 Å². The smallest absolute Gasteiger partial charge is 0.407 e. The molecular weight excluding hydrogens is 1870 g/mol. The zero-order valence-corrected chi connectivity index (χ0v) is 84.9. The van der Waals surface area contributed by atoms with Crippen LogP contribution >= 0.6 is 47.0 Å². The van der Waals surface area contributed by atoms with Crippen LogP contribution in [0, 0.1) is 23.7 Å². The summed E-state index contributed by atoms with van der Waals surface area (Å²) < 4.78 is 52.0. The SMILES string of the molecule is C.CCCCCC(N)C(=O)NC(CCCCC)C(=O)O.CCCCCC(N)C(=O)NC(CCCCC)C(=O)O.COC(=O)NC(CSC)C(=O)O.COCC(C)C(=O)O.COCC(C)C(=O)O.COCCC(=O)NC(COC)C(=O)O.COCCOCCOC(=O)NCC(NC(=O)OCCOCCOC)C(=O)O.CSCC(C)C(=O)O.CSCC(C)C(=O)O.CSCC(NC(C)=O)C(=O)O. The summed E-state index contributed by atoms with van der Waals surface area (Å²) in [7, 11) is 10.1. The first-order chi connectivity index (χ1) is 63.1. The molecule has 135 heavy (non-hydrogen) atoms. The van der Waals surface area contributed by atoms with Crippen LogP contribution in [0.25, 0.3) is 0 Å². The van der Waals surface area contributed by atoms with Gasteiger partial charge in [0.05, 0.1) is 115 Å². The molecule has 0 aromatic carbocycles. The number of carbonyl (C=O) groups excluding carboxylic acids is 7.